The second-order valence-electron chi connectivity index (χ2n) is 2.03. The van der Waals surface area contributed by atoms with Crippen LogP contribution in [-0.2, 0) is 4.74 Å². The van der Waals surface area contributed by atoms with Gasteiger partial charge in [0.15, 0.2) is 0 Å². The summed E-state index contributed by atoms with van der Waals surface area (Å²) in [5.41, 5.74) is 0. The molecule has 2 heteroatoms. The predicted molar refractivity (Wildman–Crippen MR) is 32.8 cm³/mol. The van der Waals surface area contributed by atoms with Gasteiger partial charge in [0, 0.05) is 5.25 Å². The van der Waals surface area contributed by atoms with Crippen LogP contribution < -0.4 is 0 Å². The third-order valence-corrected chi connectivity index (χ3v) is 1.54. The summed E-state index contributed by atoms with van der Waals surface area (Å²) in [4.78, 5) is 0. The van der Waals surface area contributed by atoms with Crippen LogP contribution in [0.5, 0.6) is 0 Å². The molecule has 1 saturated heterocycles. The van der Waals surface area contributed by atoms with Gasteiger partial charge in [0.25, 0.3) is 0 Å². The topological polar surface area (TPSA) is 9.23 Å². The maximum atomic E-state index is 5.19. The lowest BCUT2D eigenvalue weighted by atomic mass is 10.3. The van der Waals surface area contributed by atoms with Gasteiger partial charge in [-0.05, 0) is 13.3 Å². The van der Waals surface area contributed by atoms with Crippen LogP contribution in [0.1, 0.15) is 13.3 Å². The summed E-state index contributed by atoms with van der Waals surface area (Å²) in [6.07, 6.45) is 1.56. The summed E-state index contributed by atoms with van der Waals surface area (Å²) in [7, 11) is 0. The second kappa shape index (κ2) is 2.05. The zero-order valence-electron chi connectivity index (χ0n) is 4.42. The van der Waals surface area contributed by atoms with Gasteiger partial charge in [-0.15, -0.1) is 0 Å². The molecule has 0 aromatic rings. The van der Waals surface area contributed by atoms with E-state index in [9.17, 15) is 0 Å². The fourth-order valence-corrected chi connectivity index (χ4v) is 1.18. The predicted octanol–water partition coefficient (Wildman–Crippen LogP) is 1.09. The molecule has 0 N–H and O–H groups in total. The molecule has 7 heavy (non-hydrogen) atoms. The van der Waals surface area contributed by atoms with Crippen LogP contribution in [0.3, 0.4) is 0 Å². The molecule has 0 aromatic heterocycles. The number of hydrogen-bond acceptors (Lipinski definition) is 2. The molecular weight excluding hydrogens is 108 g/mol. The van der Waals surface area contributed by atoms with Crippen molar-refractivity contribution in [3.8, 4) is 0 Å². The van der Waals surface area contributed by atoms with Crippen LogP contribution in [0.2, 0.25) is 0 Å². The van der Waals surface area contributed by atoms with Gasteiger partial charge in [0.2, 0.25) is 0 Å². The summed E-state index contributed by atoms with van der Waals surface area (Å²) in [6.45, 7) is 2.92. The molecule has 0 aromatic carbocycles. The molecular formula is C5H10OS. The highest BCUT2D eigenvalue weighted by atomic mass is 32.1. The minimum Gasteiger partial charge on any atom is -0.377 e. The van der Waals surface area contributed by atoms with E-state index in [1.54, 1.807) is 0 Å². The second-order valence-corrected chi connectivity index (χ2v) is 2.76. The van der Waals surface area contributed by atoms with Crippen LogP contribution in [-0.4, -0.2) is 18.0 Å². The van der Waals surface area contributed by atoms with Crippen molar-refractivity contribution >= 4 is 12.6 Å². The fourth-order valence-electron chi connectivity index (χ4n) is 0.795. The van der Waals surface area contributed by atoms with Gasteiger partial charge in [0.1, 0.15) is 0 Å². The summed E-state index contributed by atoms with van der Waals surface area (Å²) in [6, 6.07) is 0. The van der Waals surface area contributed by atoms with Gasteiger partial charge in [-0.25, -0.2) is 0 Å². The zero-order valence-corrected chi connectivity index (χ0v) is 5.32. The van der Waals surface area contributed by atoms with E-state index in [0.29, 0.717) is 11.4 Å². The molecule has 42 valence electrons. The largest absolute Gasteiger partial charge is 0.377 e. The quantitative estimate of drug-likeness (QED) is 0.468. The third kappa shape index (κ3) is 1.35. The van der Waals surface area contributed by atoms with E-state index in [4.69, 9.17) is 4.74 Å². The Hall–Kier alpha value is 0.310. The number of rotatable bonds is 0. The zero-order chi connectivity index (χ0) is 5.28. The van der Waals surface area contributed by atoms with Crippen LogP contribution in [0.25, 0.3) is 0 Å². The summed E-state index contributed by atoms with van der Waals surface area (Å²) in [5.74, 6) is 0. The molecule has 0 bridgehead atoms. The van der Waals surface area contributed by atoms with E-state index in [2.05, 4.69) is 19.6 Å². The van der Waals surface area contributed by atoms with Crippen LogP contribution >= 0.6 is 12.6 Å². The number of ether oxygens (including phenoxy) is 1. The molecule has 2 atom stereocenters. The highest BCUT2D eigenvalue weighted by molar-refractivity contribution is 7.81. The van der Waals surface area contributed by atoms with Crippen molar-refractivity contribution in [2.24, 2.45) is 0 Å². The van der Waals surface area contributed by atoms with Crippen molar-refractivity contribution in [2.75, 3.05) is 6.61 Å². The lowest BCUT2D eigenvalue weighted by Gasteiger charge is -1.94. The van der Waals surface area contributed by atoms with Gasteiger partial charge < -0.3 is 4.74 Å². The molecule has 0 spiro atoms. The van der Waals surface area contributed by atoms with Crippen molar-refractivity contribution in [3.05, 3.63) is 0 Å². The first-order valence-electron chi connectivity index (χ1n) is 2.58. The van der Waals surface area contributed by atoms with Gasteiger partial charge in [-0.1, -0.05) is 0 Å². The van der Waals surface area contributed by atoms with Crippen LogP contribution in [0, 0.1) is 0 Å². The molecule has 1 fully saturated rings. The lowest BCUT2D eigenvalue weighted by molar-refractivity contribution is 0.126. The molecule has 0 radical (unpaired) electrons. The minimum atomic E-state index is 0.447. The molecule has 1 nitrogen and oxygen atoms in total. The molecule has 0 amide bonds. The summed E-state index contributed by atoms with van der Waals surface area (Å²) < 4.78 is 5.19. The van der Waals surface area contributed by atoms with E-state index in [-0.39, 0.29) is 0 Å². The Kier molecular flexibility index (Phi) is 1.60. The molecule has 1 rings (SSSR count). The molecule has 0 unspecified atom stereocenters. The van der Waals surface area contributed by atoms with E-state index in [0.717, 1.165) is 13.0 Å². The first kappa shape index (κ1) is 5.45. The number of thiol groups is 1. The van der Waals surface area contributed by atoms with Crippen molar-refractivity contribution in [3.63, 3.8) is 0 Å². The standard InChI is InChI=1S/C5H10OS/c1-4-2-5(7)3-6-4/h4-5,7H,2-3H2,1H3/t4-,5-/m0/s1. The molecule has 0 aliphatic carbocycles. The van der Waals surface area contributed by atoms with Gasteiger partial charge >= 0.3 is 0 Å². The Bertz CT molecular complexity index is 57.1. The van der Waals surface area contributed by atoms with E-state index < -0.39 is 0 Å². The average Bonchev–Trinajstić information content (AvgIpc) is 1.87. The monoisotopic (exact) mass is 118 g/mol. The van der Waals surface area contributed by atoms with Crippen LogP contribution in [0.4, 0.5) is 0 Å². The SMILES string of the molecule is C[C@H]1C[C@H](S)CO1. The van der Waals surface area contributed by atoms with Gasteiger partial charge in [-0.3, -0.25) is 0 Å². The molecule has 0 saturated carbocycles. The van der Waals surface area contributed by atoms with Crippen molar-refractivity contribution in [1.29, 1.82) is 0 Å². The Morgan fingerprint density at radius 1 is 1.71 bits per heavy atom. The average molecular weight is 118 g/mol. The van der Waals surface area contributed by atoms with E-state index in [1.165, 1.54) is 0 Å². The van der Waals surface area contributed by atoms with Gasteiger partial charge in [0.05, 0.1) is 12.7 Å². The normalized spacial score (nSPS) is 42.0. The minimum absolute atomic E-state index is 0.447. The molecule has 1 aliphatic heterocycles. The van der Waals surface area contributed by atoms with Crippen molar-refractivity contribution in [2.45, 2.75) is 24.7 Å². The first-order chi connectivity index (χ1) is 3.29. The van der Waals surface area contributed by atoms with E-state index in [1.807, 2.05) is 0 Å². The summed E-state index contributed by atoms with van der Waals surface area (Å²) >= 11 is 4.23. The fraction of sp³-hybridized carbons (Fsp3) is 1.00. The number of hydrogen-bond donors (Lipinski definition) is 1. The van der Waals surface area contributed by atoms with Gasteiger partial charge in [-0.2, -0.15) is 12.6 Å². The molecule has 1 aliphatic rings. The summed E-state index contributed by atoms with van der Waals surface area (Å²) in [5, 5.41) is 0.495. The Morgan fingerprint density at radius 2 is 2.43 bits per heavy atom. The third-order valence-electron chi connectivity index (χ3n) is 1.18. The Morgan fingerprint density at radius 3 is 2.57 bits per heavy atom. The first-order valence-corrected chi connectivity index (χ1v) is 3.10. The van der Waals surface area contributed by atoms with Crippen LogP contribution in [0.15, 0.2) is 0 Å². The van der Waals surface area contributed by atoms with Crippen molar-refractivity contribution in [1.82, 2.24) is 0 Å². The highest BCUT2D eigenvalue weighted by Gasteiger charge is 2.17. The Balaban J connectivity index is 2.26. The maximum absolute atomic E-state index is 5.19. The van der Waals surface area contributed by atoms with Crippen molar-refractivity contribution < 1.29 is 4.74 Å². The maximum Gasteiger partial charge on any atom is 0.0587 e. The molecule has 1 heterocycles. The smallest absolute Gasteiger partial charge is 0.0587 e. The highest BCUT2D eigenvalue weighted by Crippen LogP contribution is 2.16. The Labute approximate surface area is 49.5 Å². The lowest BCUT2D eigenvalue weighted by Crippen LogP contribution is -1.95. The van der Waals surface area contributed by atoms with E-state index >= 15 is 0 Å².